The van der Waals surface area contributed by atoms with Gasteiger partial charge in [-0.15, -0.1) is 0 Å². The predicted octanol–water partition coefficient (Wildman–Crippen LogP) is 8.04. The zero-order valence-electron chi connectivity index (χ0n) is 24.2. The van der Waals surface area contributed by atoms with E-state index in [1.165, 1.54) is 11.1 Å². The predicted molar refractivity (Wildman–Crippen MR) is 167 cm³/mol. The molecule has 0 aliphatic carbocycles. The van der Waals surface area contributed by atoms with E-state index in [1.54, 1.807) is 6.92 Å². The van der Waals surface area contributed by atoms with Crippen molar-refractivity contribution in [2.24, 2.45) is 0 Å². The normalized spacial score (nSPS) is 11.2. The quantitative estimate of drug-likeness (QED) is 0.129. The third-order valence-electron chi connectivity index (χ3n) is 6.53. The average molecular weight is 562 g/mol. The second-order valence-corrected chi connectivity index (χ2v) is 10.0. The van der Waals surface area contributed by atoms with E-state index >= 15 is 0 Å². The van der Waals surface area contributed by atoms with Gasteiger partial charge in [0.2, 0.25) is 0 Å². The summed E-state index contributed by atoms with van der Waals surface area (Å²) in [6.45, 7) is 12.5. The molecular formula is C36H35NO5. The van der Waals surface area contributed by atoms with Crippen LogP contribution in [-0.4, -0.2) is 31.3 Å². The first kappa shape index (κ1) is 29.9. The SMILES string of the molecule is C=CC(=O)OC(COC(=O)C(=C)C)COc1ccc(-c2ccc(N(c3ccc(C)cc3)c3ccc(C)cc3)cc2)cc1. The van der Waals surface area contributed by atoms with Gasteiger partial charge in [0.15, 0.2) is 6.10 Å². The van der Waals surface area contributed by atoms with Gasteiger partial charge >= 0.3 is 11.9 Å². The van der Waals surface area contributed by atoms with Gasteiger partial charge in [-0.1, -0.05) is 72.8 Å². The molecular weight excluding hydrogens is 526 g/mol. The molecule has 0 radical (unpaired) electrons. The number of anilines is 3. The fraction of sp³-hybridized carbons (Fsp3) is 0.167. The topological polar surface area (TPSA) is 65.1 Å². The molecule has 0 aromatic heterocycles. The molecule has 4 aromatic carbocycles. The van der Waals surface area contributed by atoms with Gasteiger partial charge in [0.25, 0.3) is 0 Å². The molecule has 0 saturated heterocycles. The Bertz CT molecular complexity index is 1480. The van der Waals surface area contributed by atoms with Gasteiger partial charge in [-0.25, -0.2) is 9.59 Å². The maximum Gasteiger partial charge on any atom is 0.333 e. The highest BCUT2D eigenvalue weighted by Gasteiger charge is 2.18. The van der Waals surface area contributed by atoms with Crippen molar-refractivity contribution in [3.8, 4) is 16.9 Å². The Hall–Kier alpha value is -5.10. The highest BCUT2D eigenvalue weighted by Crippen LogP contribution is 2.36. The lowest BCUT2D eigenvalue weighted by molar-refractivity contribution is -0.154. The van der Waals surface area contributed by atoms with Crippen LogP contribution in [0.2, 0.25) is 0 Å². The molecule has 6 heteroatoms. The van der Waals surface area contributed by atoms with E-state index in [-0.39, 0.29) is 18.8 Å². The molecule has 1 unspecified atom stereocenters. The highest BCUT2D eigenvalue weighted by atomic mass is 16.6. The molecule has 0 amide bonds. The third-order valence-corrected chi connectivity index (χ3v) is 6.53. The minimum atomic E-state index is -0.795. The summed E-state index contributed by atoms with van der Waals surface area (Å²) in [6, 6.07) is 33.1. The maximum atomic E-state index is 11.8. The molecule has 0 aliphatic rings. The molecule has 0 saturated carbocycles. The highest BCUT2D eigenvalue weighted by molar-refractivity contribution is 5.87. The van der Waals surface area contributed by atoms with E-state index < -0.39 is 18.0 Å². The smallest absolute Gasteiger partial charge is 0.333 e. The Morgan fingerprint density at radius 2 is 1.19 bits per heavy atom. The van der Waals surface area contributed by atoms with Gasteiger partial charge in [-0.05, 0) is 80.4 Å². The van der Waals surface area contributed by atoms with Crippen LogP contribution in [-0.2, 0) is 19.1 Å². The fourth-order valence-electron chi connectivity index (χ4n) is 4.19. The van der Waals surface area contributed by atoms with E-state index in [2.05, 4.69) is 105 Å². The average Bonchev–Trinajstić information content (AvgIpc) is 3.00. The Morgan fingerprint density at radius 3 is 1.64 bits per heavy atom. The number of hydrogen-bond acceptors (Lipinski definition) is 6. The van der Waals surface area contributed by atoms with Crippen LogP contribution >= 0.6 is 0 Å². The standard InChI is InChI=1S/C36H35NO5/c1-6-35(38)42-34(24-41-36(39)25(2)3)23-40-33-21-13-29(14-22-33)28-11-19-32(20-12-28)37(30-15-7-26(4)8-16-30)31-17-9-27(5)10-18-31/h6-22,34H,1-2,23-24H2,3-5H3. The van der Waals surface area contributed by atoms with Crippen LogP contribution < -0.4 is 9.64 Å². The summed E-state index contributed by atoms with van der Waals surface area (Å²) in [5.74, 6) is -0.603. The summed E-state index contributed by atoms with van der Waals surface area (Å²) < 4.78 is 16.2. The molecule has 6 nitrogen and oxygen atoms in total. The lowest BCUT2D eigenvalue weighted by Crippen LogP contribution is -2.30. The molecule has 0 aliphatic heterocycles. The summed E-state index contributed by atoms with van der Waals surface area (Å²) >= 11 is 0. The van der Waals surface area contributed by atoms with Gasteiger partial charge in [-0.2, -0.15) is 0 Å². The monoisotopic (exact) mass is 561 g/mol. The minimum Gasteiger partial charge on any atom is -0.490 e. The van der Waals surface area contributed by atoms with Crippen LogP contribution in [0, 0.1) is 13.8 Å². The van der Waals surface area contributed by atoms with Gasteiger partial charge in [0.05, 0.1) is 0 Å². The number of benzene rings is 4. The number of hydrogen-bond donors (Lipinski definition) is 0. The number of aryl methyl sites for hydroxylation is 2. The van der Waals surface area contributed by atoms with E-state index in [9.17, 15) is 9.59 Å². The molecule has 0 bridgehead atoms. The lowest BCUT2D eigenvalue weighted by Gasteiger charge is -2.26. The van der Waals surface area contributed by atoms with Crippen molar-refractivity contribution in [3.05, 3.63) is 133 Å². The molecule has 4 aromatic rings. The van der Waals surface area contributed by atoms with Crippen LogP contribution in [0.3, 0.4) is 0 Å². The van der Waals surface area contributed by atoms with Crippen molar-refractivity contribution in [3.63, 3.8) is 0 Å². The summed E-state index contributed by atoms with van der Waals surface area (Å²) in [6.07, 6.45) is 0.255. The van der Waals surface area contributed by atoms with Crippen LogP contribution in [0.1, 0.15) is 18.1 Å². The van der Waals surface area contributed by atoms with Crippen LogP contribution in [0.4, 0.5) is 17.1 Å². The minimum absolute atomic E-state index is 0.00491. The first-order chi connectivity index (χ1) is 20.2. The van der Waals surface area contributed by atoms with Gasteiger partial charge in [0.1, 0.15) is 19.0 Å². The van der Waals surface area contributed by atoms with Crippen molar-refractivity contribution in [2.45, 2.75) is 26.9 Å². The van der Waals surface area contributed by atoms with E-state index in [4.69, 9.17) is 14.2 Å². The lowest BCUT2D eigenvalue weighted by atomic mass is 10.0. The number of carbonyl (C=O) groups is 2. The first-order valence-corrected chi connectivity index (χ1v) is 13.7. The molecule has 0 fully saturated rings. The number of esters is 2. The number of ether oxygens (including phenoxy) is 3. The summed E-state index contributed by atoms with van der Waals surface area (Å²) in [5.41, 5.74) is 7.99. The summed E-state index contributed by atoms with van der Waals surface area (Å²) in [4.78, 5) is 25.7. The fourth-order valence-corrected chi connectivity index (χ4v) is 4.19. The number of carbonyl (C=O) groups excluding carboxylic acids is 2. The molecule has 1 atom stereocenters. The second-order valence-electron chi connectivity index (χ2n) is 10.0. The summed E-state index contributed by atoms with van der Waals surface area (Å²) in [5, 5.41) is 0. The molecule has 0 N–H and O–H groups in total. The molecule has 214 valence electrons. The summed E-state index contributed by atoms with van der Waals surface area (Å²) in [7, 11) is 0. The van der Waals surface area contributed by atoms with Crippen molar-refractivity contribution < 1.29 is 23.8 Å². The molecule has 4 rings (SSSR count). The number of rotatable bonds is 12. The van der Waals surface area contributed by atoms with Gasteiger partial charge in [-0.3, -0.25) is 0 Å². The van der Waals surface area contributed by atoms with Crippen LogP contribution in [0.5, 0.6) is 5.75 Å². The largest absolute Gasteiger partial charge is 0.490 e. The van der Waals surface area contributed by atoms with Crippen molar-refractivity contribution in [1.82, 2.24) is 0 Å². The Morgan fingerprint density at radius 1 is 0.738 bits per heavy atom. The van der Waals surface area contributed by atoms with Crippen molar-refractivity contribution >= 4 is 29.0 Å². The zero-order valence-corrected chi connectivity index (χ0v) is 24.2. The zero-order chi connectivity index (χ0) is 30.1. The Balaban J connectivity index is 1.46. The maximum absolute atomic E-state index is 11.8. The second kappa shape index (κ2) is 14.0. The van der Waals surface area contributed by atoms with E-state index in [0.717, 1.165) is 34.3 Å². The molecule has 0 spiro atoms. The van der Waals surface area contributed by atoms with Gasteiger partial charge < -0.3 is 19.1 Å². The van der Waals surface area contributed by atoms with Crippen LogP contribution in [0.15, 0.2) is 122 Å². The Labute approximate surface area is 247 Å². The van der Waals surface area contributed by atoms with Crippen molar-refractivity contribution in [1.29, 1.82) is 0 Å². The van der Waals surface area contributed by atoms with E-state index in [1.807, 2.05) is 24.3 Å². The number of nitrogens with zero attached hydrogens (tertiary/aromatic N) is 1. The third kappa shape index (κ3) is 7.98. The first-order valence-electron chi connectivity index (χ1n) is 13.7. The van der Waals surface area contributed by atoms with Crippen LogP contribution in [0.25, 0.3) is 11.1 Å². The molecule has 0 heterocycles. The Kier molecular flexibility index (Phi) is 9.95. The van der Waals surface area contributed by atoms with Gasteiger partial charge in [0, 0.05) is 28.7 Å². The molecule has 42 heavy (non-hydrogen) atoms. The van der Waals surface area contributed by atoms with E-state index in [0.29, 0.717) is 5.75 Å². The van der Waals surface area contributed by atoms with Crippen molar-refractivity contribution in [2.75, 3.05) is 18.1 Å².